The Hall–Kier alpha value is -2.08. The van der Waals surface area contributed by atoms with Gasteiger partial charge in [-0.3, -0.25) is 9.36 Å². The molecule has 3 N–H and O–H groups in total. The summed E-state index contributed by atoms with van der Waals surface area (Å²) in [5.74, 6) is -0.480. The lowest BCUT2D eigenvalue weighted by Gasteiger charge is -2.12. The number of fused-ring (bicyclic) bond motifs is 1. The first-order valence-electron chi connectivity index (χ1n) is 6.17. The van der Waals surface area contributed by atoms with Crippen molar-refractivity contribution in [2.45, 2.75) is 12.8 Å². The Bertz CT molecular complexity index is 709. The Kier molecular flexibility index (Phi) is 2.50. The average molecular weight is 261 g/mol. The molecule has 0 aliphatic heterocycles. The number of carbonyl (C=O) groups excluding carboxylic acids is 1. The number of aromatic nitrogens is 1. The summed E-state index contributed by atoms with van der Waals surface area (Å²) in [6.45, 7) is 0.363. The van der Waals surface area contributed by atoms with E-state index in [2.05, 4.69) is 5.32 Å². The number of aryl methyl sites for hydroxylation is 1. The highest BCUT2D eigenvalue weighted by molar-refractivity contribution is 5.98. The molecule has 6 heteroatoms. The zero-order chi connectivity index (χ0) is 13.6. The van der Waals surface area contributed by atoms with E-state index in [1.807, 2.05) is 0 Å². The van der Waals surface area contributed by atoms with E-state index in [0.717, 1.165) is 12.8 Å². The lowest BCUT2D eigenvalue weighted by atomic mass is 10.1. The molecule has 0 spiro atoms. The van der Waals surface area contributed by atoms with Crippen molar-refractivity contribution in [3.05, 3.63) is 28.7 Å². The van der Waals surface area contributed by atoms with Gasteiger partial charge in [0.25, 0.3) is 0 Å². The molecule has 2 aromatic rings. The molecular formula is C13H15N3O3. The van der Waals surface area contributed by atoms with Gasteiger partial charge < -0.3 is 15.5 Å². The van der Waals surface area contributed by atoms with Gasteiger partial charge in [0.2, 0.25) is 5.91 Å². The minimum atomic E-state index is -0.418. The maximum absolute atomic E-state index is 12.0. The van der Waals surface area contributed by atoms with E-state index in [4.69, 9.17) is 10.2 Å². The smallest absolute Gasteiger partial charge is 0.408 e. The van der Waals surface area contributed by atoms with Gasteiger partial charge in [0, 0.05) is 25.3 Å². The number of benzene rings is 1. The Morgan fingerprint density at radius 3 is 2.89 bits per heavy atom. The highest BCUT2D eigenvalue weighted by Gasteiger charge is 2.48. The van der Waals surface area contributed by atoms with Crippen LogP contribution in [0.1, 0.15) is 12.8 Å². The topological polar surface area (TPSA) is 90.3 Å². The summed E-state index contributed by atoms with van der Waals surface area (Å²) in [5.41, 5.74) is 6.99. The largest absolute Gasteiger partial charge is 0.419 e. The maximum Gasteiger partial charge on any atom is 0.419 e. The van der Waals surface area contributed by atoms with Gasteiger partial charge in [-0.1, -0.05) is 0 Å². The Labute approximate surface area is 109 Å². The number of oxazole rings is 1. The fourth-order valence-corrected chi connectivity index (χ4v) is 2.15. The Morgan fingerprint density at radius 1 is 1.53 bits per heavy atom. The van der Waals surface area contributed by atoms with Crippen LogP contribution in [0.5, 0.6) is 0 Å². The third-order valence-corrected chi connectivity index (χ3v) is 3.78. The summed E-state index contributed by atoms with van der Waals surface area (Å²) in [7, 11) is 1.64. The van der Waals surface area contributed by atoms with E-state index in [-0.39, 0.29) is 5.91 Å². The molecule has 0 saturated heterocycles. The lowest BCUT2D eigenvalue weighted by molar-refractivity contribution is -0.120. The van der Waals surface area contributed by atoms with Gasteiger partial charge >= 0.3 is 5.76 Å². The molecule has 1 aromatic heterocycles. The molecule has 0 unspecified atom stereocenters. The Balaban J connectivity index is 1.90. The number of nitrogens with one attached hydrogen (secondary N) is 1. The first kappa shape index (κ1) is 12.0. The summed E-state index contributed by atoms with van der Waals surface area (Å²) < 4.78 is 6.50. The van der Waals surface area contributed by atoms with Crippen LogP contribution in [0, 0.1) is 5.41 Å². The van der Waals surface area contributed by atoms with Crippen LogP contribution in [0.25, 0.3) is 11.1 Å². The van der Waals surface area contributed by atoms with E-state index >= 15 is 0 Å². The summed E-state index contributed by atoms with van der Waals surface area (Å²) in [6, 6.07) is 5.15. The Morgan fingerprint density at radius 2 is 2.26 bits per heavy atom. The minimum absolute atomic E-state index is 0.0624. The van der Waals surface area contributed by atoms with Crippen LogP contribution in [0.15, 0.2) is 27.4 Å². The van der Waals surface area contributed by atoms with Crippen molar-refractivity contribution < 1.29 is 9.21 Å². The van der Waals surface area contributed by atoms with Crippen LogP contribution in [0.3, 0.4) is 0 Å². The van der Waals surface area contributed by atoms with Crippen molar-refractivity contribution in [2.75, 3.05) is 11.9 Å². The van der Waals surface area contributed by atoms with Crippen LogP contribution in [-0.4, -0.2) is 17.0 Å². The predicted octanol–water partition coefficient (Wildman–Crippen LogP) is 0.809. The van der Waals surface area contributed by atoms with E-state index in [9.17, 15) is 9.59 Å². The standard InChI is InChI=1S/C13H15N3O3/c1-16-9-3-2-8(6-10(9)19-12(16)18)15-11(17)13(7-14)4-5-13/h2-3,6H,4-5,7,14H2,1H3,(H,15,17). The number of hydrogen-bond donors (Lipinski definition) is 2. The summed E-state index contributed by atoms with van der Waals surface area (Å²) in [4.78, 5) is 23.4. The van der Waals surface area contributed by atoms with Crippen molar-refractivity contribution in [3.8, 4) is 0 Å². The highest BCUT2D eigenvalue weighted by atomic mass is 16.4. The number of anilines is 1. The third-order valence-electron chi connectivity index (χ3n) is 3.78. The highest BCUT2D eigenvalue weighted by Crippen LogP contribution is 2.45. The zero-order valence-electron chi connectivity index (χ0n) is 10.6. The summed E-state index contributed by atoms with van der Waals surface area (Å²) in [5, 5.41) is 2.83. The van der Waals surface area contributed by atoms with Crippen LogP contribution in [0.2, 0.25) is 0 Å². The number of hydrogen-bond acceptors (Lipinski definition) is 4. The SMILES string of the molecule is Cn1c(=O)oc2cc(NC(=O)C3(CN)CC3)ccc21. The van der Waals surface area contributed by atoms with Crippen LogP contribution >= 0.6 is 0 Å². The molecule has 100 valence electrons. The number of carbonyl (C=O) groups is 1. The van der Waals surface area contributed by atoms with Gasteiger partial charge in [-0.25, -0.2) is 4.79 Å². The maximum atomic E-state index is 12.0. The van der Waals surface area contributed by atoms with Crippen molar-refractivity contribution in [3.63, 3.8) is 0 Å². The van der Waals surface area contributed by atoms with Crippen LogP contribution < -0.4 is 16.8 Å². The van der Waals surface area contributed by atoms with Gasteiger partial charge in [0.1, 0.15) is 0 Å². The molecule has 1 aromatic carbocycles. The molecule has 1 fully saturated rings. The molecule has 0 atom stereocenters. The molecule has 3 rings (SSSR count). The molecule has 0 bridgehead atoms. The summed E-state index contributed by atoms with van der Waals surface area (Å²) in [6.07, 6.45) is 1.66. The number of amides is 1. The minimum Gasteiger partial charge on any atom is -0.408 e. The van der Waals surface area contributed by atoms with E-state index in [1.165, 1.54) is 4.57 Å². The molecule has 1 aliphatic carbocycles. The second-order valence-electron chi connectivity index (χ2n) is 5.05. The molecule has 1 heterocycles. The molecule has 1 saturated carbocycles. The monoisotopic (exact) mass is 261 g/mol. The van der Waals surface area contributed by atoms with E-state index in [1.54, 1.807) is 25.2 Å². The lowest BCUT2D eigenvalue weighted by Crippen LogP contribution is -2.30. The van der Waals surface area contributed by atoms with Crippen molar-refractivity contribution >= 4 is 22.7 Å². The van der Waals surface area contributed by atoms with Gasteiger partial charge in [-0.05, 0) is 25.0 Å². The average Bonchev–Trinajstić information content (AvgIpc) is 3.14. The van der Waals surface area contributed by atoms with Crippen LogP contribution in [0.4, 0.5) is 5.69 Å². The second kappa shape index (κ2) is 3.96. The molecule has 19 heavy (non-hydrogen) atoms. The van der Waals surface area contributed by atoms with Crippen molar-refractivity contribution in [1.29, 1.82) is 0 Å². The van der Waals surface area contributed by atoms with Crippen LogP contribution in [-0.2, 0) is 11.8 Å². The first-order chi connectivity index (χ1) is 9.05. The normalized spacial score (nSPS) is 16.5. The van der Waals surface area contributed by atoms with E-state index < -0.39 is 11.2 Å². The van der Waals surface area contributed by atoms with E-state index in [0.29, 0.717) is 23.3 Å². The molecular weight excluding hydrogens is 246 g/mol. The predicted molar refractivity (Wildman–Crippen MR) is 70.8 cm³/mol. The number of nitrogens with zero attached hydrogens (tertiary/aromatic N) is 1. The van der Waals surface area contributed by atoms with Gasteiger partial charge in [0.15, 0.2) is 5.58 Å². The number of nitrogens with two attached hydrogens (primary N) is 1. The molecule has 1 amide bonds. The molecule has 0 radical (unpaired) electrons. The van der Waals surface area contributed by atoms with Gasteiger partial charge in [-0.15, -0.1) is 0 Å². The first-order valence-corrected chi connectivity index (χ1v) is 6.17. The second-order valence-corrected chi connectivity index (χ2v) is 5.05. The fourth-order valence-electron chi connectivity index (χ4n) is 2.15. The number of rotatable bonds is 3. The van der Waals surface area contributed by atoms with Crippen molar-refractivity contribution in [1.82, 2.24) is 4.57 Å². The molecule has 1 aliphatic rings. The third kappa shape index (κ3) is 1.84. The van der Waals surface area contributed by atoms with Gasteiger partial charge in [0.05, 0.1) is 10.9 Å². The summed E-state index contributed by atoms with van der Waals surface area (Å²) >= 11 is 0. The van der Waals surface area contributed by atoms with Gasteiger partial charge in [-0.2, -0.15) is 0 Å². The zero-order valence-corrected chi connectivity index (χ0v) is 10.6. The quantitative estimate of drug-likeness (QED) is 0.855. The van der Waals surface area contributed by atoms with Crippen molar-refractivity contribution in [2.24, 2.45) is 18.2 Å². The fraction of sp³-hybridized carbons (Fsp3) is 0.385. The molecule has 6 nitrogen and oxygen atoms in total.